The van der Waals surface area contributed by atoms with Gasteiger partial charge in [0, 0.05) is 25.6 Å². The largest absolute Gasteiger partial charge is 0.380 e. The van der Waals surface area contributed by atoms with Crippen LogP contribution in [0.1, 0.15) is 52.4 Å². The molecule has 1 rings (SSSR count). The Morgan fingerprint density at radius 3 is 2.63 bits per heavy atom. The molecule has 0 aromatic carbocycles. The number of likely N-dealkylation sites (N-methyl/N-ethyl adjacent to an activating group) is 1. The molecule has 5 heteroatoms. The van der Waals surface area contributed by atoms with Crippen LogP contribution in [0.25, 0.3) is 0 Å². The average molecular weight is 268 g/mol. The normalized spacial score (nSPS) is 14.8. The van der Waals surface area contributed by atoms with E-state index in [4.69, 9.17) is 4.74 Å². The van der Waals surface area contributed by atoms with Crippen LogP contribution >= 0.6 is 0 Å². The molecule has 5 nitrogen and oxygen atoms in total. The van der Waals surface area contributed by atoms with Crippen LogP contribution in [0.5, 0.6) is 0 Å². The number of hydrogen-bond donors (Lipinski definition) is 1. The molecule has 1 aromatic heterocycles. The average Bonchev–Trinajstić information content (AvgIpc) is 2.84. The summed E-state index contributed by atoms with van der Waals surface area (Å²) in [6, 6.07) is 0.628. The van der Waals surface area contributed by atoms with Crippen LogP contribution in [-0.2, 0) is 11.2 Å². The SMILES string of the molecule is CCCC(OC)C(Cc1ncnn1C(C)C)NCC. The Labute approximate surface area is 116 Å². The van der Waals surface area contributed by atoms with Crippen LogP contribution in [-0.4, -0.2) is 40.6 Å². The highest BCUT2D eigenvalue weighted by molar-refractivity contribution is 4.94. The molecule has 1 heterocycles. The van der Waals surface area contributed by atoms with Crippen molar-refractivity contribution >= 4 is 0 Å². The Hall–Kier alpha value is -0.940. The second-order valence-electron chi connectivity index (χ2n) is 5.15. The fourth-order valence-electron chi connectivity index (χ4n) is 2.41. The van der Waals surface area contributed by atoms with Crippen LogP contribution in [0, 0.1) is 0 Å². The summed E-state index contributed by atoms with van der Waals surface area (Å²) in [5.74, 6) is 1.03. The first-order valence-corrected chi connectivity index (χ1v) is 7.28. The predicted molar refractivity (Wildman–Crippen MR) is 77.3 cm³/mol. The van der Waals surface area contributed by atoms with Crippen molar-refractivity contribution in [1.82, 2.24) is 20.1 Å². The molecule has 2 atom stereocenters. The molecule has 0 aliphatic heterocycles. The van der Waals surface area contributed by atoms with Crippen molar-refractivity contribution < 1.29 is 4.74 Å². The Bertz CT molecular complexity index is 351. The summed E-state index contributed by atoms with van der Waals surface area (Å²) >= 11 is 0. The second-order valence-corrected chi connectivity index (χ2v) is 5.15. The zero-order valence-electron chi connectivity index (χ0n) is 12.9. The molecular weight excluding hydrogens is 240 g/mol. The maximum absolute atomic E-state index is 5.63. The highest BCUT2D eigenvalue weighted by Crippen LogP contribution is 2.13. The molecule has 110 valence electrons. The van der Waals surface area contributed by atoms with E-state index < -0.39 is 0 Å². The van der Waals surface area contributed by atoms with Crippen LogP contribution in [0.2, 0.25) is 0 Å². The van der Waals surface area contributed by atoms with Gasteiger partial charge in [0.1, 0.15) is 12.2 Å². The quantitative estimate of drug-likeness (QED) is 0.746. The first-order chi connectivity index (χ1) is 9.13. The highest BCUT2D eigenvalue weighted by atomic mass is 16.5. The lowest BCUT2D eigenvalue weighted by Crippen LogP contribution is -2.43. The predicted octanol–water partition coefficient (Wildman–Crippen LogP) is 2.19. The monoisotopic (exact) mass is 268 g/mol. The van der Waals surface area contributed by atoms with E-state index in [1.165, 1.54) is 0 Å². The lowest BCUT2D eigenvalue weighted by Gasteiger charge is -2.26. The van der Waals surface area contributed by atoms with Gasteiger partial charge in [-0.05, 0) is 26.8 Å². The van der Waals surface area contributed by atoms with E-state index in [0.29, 0.717) is 6.04 Å². The molecule has 0 aliphatic carbocycles. The first-order valence-electron chi connectivity index (χ1n) is 7.28. The fraction of sp³-hybridized carbons (Fsp3) is 0.857. The van der Waals surface area contributed by atoms with Gasteiger partial charge in [-0.15, -0.1) is 0 Å². The van der Waals surface area contributed by atoms with Crippen molar-refractivity contribution in [1.29, 1.82) is 0 Å². The molecule has 2 unspecified atom stereocenters. The van der Waals surface area contributed by atoms with Gasteiger partial charge in [-0.2, -0.15) is 5.10 Å². The Morgan fingerprint density at radius 2 is 2.11 bits per heavy atom. The number of nitrogens with one attached hydrogen (secondary N) is 1. The van der Waals surface area contributed by atoms with E-state index in [9.17, 15) is 0 Å². The summed E-state index contributed by atoms with van der Waals surface area (Å²) in [6.07, 6.45) is 4.90. The molecule has 0 radical (unpaired) electrons. The van der Waals surface area contributed by atoms with Crippen molar-refractivity contribution in [3.05, 3.63) is 12.2 Å². The molecule has 0 spiro atoms. The Morgan fingerprint density at radius 1 is 1.37 bits per heavy atom. The van der Waals surface area contributed by atoms with Gasteiger partial charge in [-0.25, -0.2) is 9.67 Å². The molecule has 0 bridgehead atoms. The summed E-state index contributed by atoms with van der Waals surface area (Å²) in [5, 5.41) is 7.81. The van der Waals surface area contributed by atoms with Crippen molar-refractivity contribution in [2.45, 2.75) is 65.1 Å². The molecule has 0 aliphatic rings. The van der Waals surface area contributed by atoms with E-state index in [1.807, 2.05) is 4.68 Å². The van der Waals surface area contributed by atoms with Gasteiger partial charge in [-0.3, -0.25) is 0 Å². The van der Waals surface area contributed by atoms with Crippen molar-refractivity contribution in [3.63, 3.8) is 0 Å². The van der Waals surface area contributed by atoms with Crippen LogP contribution in [0.3, 0.4) is 0 Å². The standard InChI is InChI=1S/C14H28N4O/c1-6-8-13(19-5)12(15-7-2)9-14-16-10-17-18(14)11(3)4/h10-13,15H,6-9H2,1-5H3. The van der Waals surface area contributed by atoms with Gasteiger partial charge in [0.2, 0.25) is 0 Å². The van der Waals surface area contributed by atoms with Crippen LogP contribution in [0.15, 0.2) is 6.33 Å². The summed E-state index contributed by atoms with van der Waals surface area (Å²) < 4.78 is 7.62. The molecular formula is C14H28N4O. The smallest absolute Gasteiger partial charge is 0.138 e. The van der Waals surface area contributed by atoms with Gasteiger partial charge in [0.05, 0.1) is 6.10 Å². The molecule has 1 N–H and O–H groups in total. The third kappa shape index (κ3) is 4.58. The third-order valence-electron chi connectivity index (χ3n) is 3.33. The van der Waals surface area contributed by atoms with E-state index >= 15 is 0 Å². The highest BCUT2D eigenvalue weighted by Gasteiger charge is 2.22. The van der Waals surface area contributed by atoms with Gasteiger partial charge in [0.15, 0.2) is 0 Å². The maximum atomic E-state index is 5.63. The van der Waals surface area contributed by atoms with E-state index in [1.54, 1.807) is 13.4 Å². The zero-order chi connectivity index (χ0) is 14.3. The van der Waals surface area contributed by atoms with Crippen molar-refractivity contribution in [2.75, 3.05) is 13.7 Å². The minimum Gasteiger partial charge on any atom is -0.380 e. The molecule has 0 amide bonds. The Kier molecular flexibility index (Phi) is 7.02. The van der Waals surface area contributed by atoms with Gasteiger partial charge in [0.25, 0.3) is 0 Å². The minimum atomic E-state index is 0.224. The first kappa shape index (κ1) is 16.1. The number of hydrogen-bond acceptors (Lipinski definition) is 4. The molecule has 19 heavy (non-hydrogen) atoms. The summed E-state index contributed by atoms with van der Waals surface area (Å²) in [6.45, 7) is 9.50. The minimum absolute atomic E-state index is 0.224. The number of aromatic nitrogens is 3. The fourth-order valence-corrected chi connectivity index (χ4v) is 2.41. The van der Waals surface area contributed by atoms with Crippen LogP contribution < -0.4 is 5.32 Å². The van der Waals surface area contributed by atoms with Crippen molar-refractivity contribution in [3.8, 4) is 0 Å². The van der Waals surface area contributed by atoms with Gasteiger partial charge >= 0.3 is 0 Å². The summed E-state index contributed by atoms with van der Waals surface area (Å²) in [4.78, 5) is 4.39. The number of ether oxygens (including phenoxy) is 1. The van der Waals surface area contributed by atoms with E-state index in [2.05, 4.69) is 43.1 Å². The lowest BCUT2D eigenvalue weighted by molar-refractivity contribution is 0.0603. The topological polar surface area (TPSA) is 52.0 Å². The second kappa shape index (κ2) is 8.27. The van der Waals surface area contributed by atoms with Gasteiger partial charge in [-0.1, -0.05) is 20.3 Å². The lowest BCUT2D eigenvalue weighted by atomic mass is 10.0. The van der Waals surface area contributed by atoms with Gasteiger partial charge < -0.3 is 10.1 Å². The van der Waals surface area contributed by atoms with Crippen LogP contribution in [0.4, 0.5) is 0 Å². The third-order valence-corrected chi connectivity index (χ3v) is 3.33. The number of nitrogens with zero attached hydrogens (tertiary/aromatic N) is 3. The molecule has 0 saturated heterocycles. The molecule has 0 saturated carbocycles. The zero-order valence-corrected chi connectivity index (χ0v) is 12.9. The number of methoxy groups -OCH3 is 1. The number of rotatable bonds is 9. The van der Waals surface area contributed by atoms with E-state index in [-0.39, 0.29) is 12.1 Å². The van der Waals surface area contributed by atoms with Crippen molar-refractivity contribution in [2.24, 2.45) is 0 Å². The maximum Gasteiger partial charge on any atom is 0.138 e. The molecule has 0 fully saturated rings. The summed E-state index contributed by atoms with van der Waals surface area (Å²) in [5.41, 5.74) is 0. The Balaban J connectivity index is 2.79. The summed E-state index contributed by atoms with van der Waals surface area (Å²) in [7, 11) is 1.79. The van der Waals surface area contributed by atoms with E-state index in [0.717, 1.165) is 31.6 Å². The molecule has 1 aromatic rings.